The molecule has 0 radical (unpaired) electrons. The first kappa shape index (κ1) is 6.62. The van der Waals surface area contributed by atoms with Gasteiger partial charge >= 0.3 is 0 Å². The van der Waals surface area contributed by atoms with Crippen LogP contribution >= 0.6 is 0 Å². The van der Waals surface area contributed by atoms with E-state index in [2.05, 4.69) is 10.6 Å². The van der Waals surface area contributed by atoms with Crippen molar-refractivity contribution in [2.45, 2.75) is 37.8 Å². The van der Waals surface area contributed by atoms with Crippen molar-refractivity contribution < 1.29 is 5.73 Å². The topological polar surface area (TPSA) is 30.9 Å². The second kappa shape index (κ2) is 2.51. The molecule has 2 rings (SSSR count). The third-order valence-electron chi connectivity index (χ3n) is 2.61. The minimum absolute atomic E-state index is 0.717. The fourth-order valence-corrected chi connectivity index (χ4v) is 1.87. The maximum absolute atomic E-state index is 4.12. The van der Waals surface area contributed by atoms with Crippen LogP contribution in [0.1, 0.15) is 25.7 Å². The van der Waals surface area contributed by atoms with E-state index in [1.54, 1.807) is 0 Å². The average Bonchev–Trinajstić information content (AvgIpc) is 2.68. The lowest BCUT2D eigenvalue weighted by Gasteiger charge is -2.28. The molecule has 0 spiro atoms. The van der Waals surface area contributed by atoms with Crippen molar-refractivity contribution in [2.24, 2.45) is 0 Å². The van der Waals surface area contributed by atoms with Crippen LogP contribution in [0.4, 0.5) is 0 Å². The standard InChI is InChI=1S/C8H16N2/c9-7-2-1-5-10(6-7)8-3-4-8/h7-8H,1-6,9H2/p+1/t7-/m1/s1. The summed E-state index contributed by atoms with van der Waals surface area (Å²) in [6.07, 6.45) is 5.63. The molecule has 1 saturated heterocycles. The molecule has 58 valence electrons. The molecule has 1 aliphatic heterocycles. The van der Waals surface area contributed by atoms with Gasteiger partial charge in [-0.2, -0.15) is 0 Å². The normalized spacial score (nSPS) is 36.3. The van der Waals surface area contributed by atoms with Crippen molar-refractivity contribution in [3.05, 3.63) is 0 Å². The van der Waals surface area contributed by atoms with E-state index in [1.165, 1.54) is 38.8 Å². The first-order valence-corrected chi connectivity index (χ1v) is 4.43. The predicted octanol–water partition coefficient (Wildman–Crippen LogP) is -0.145. The largest absolute Gasteiger partial charge is 0.354 e. The van der Waals surface area contributed by atoms with E-state index in [9.17, 15) is 0 Å². The number of hydrogen-bond acceptors (Lipinski definition) is 1. The second-order valence-electron chi connectivity index (χ2n) is 3.73. The Labute approximate surface area is 62.4 Å². The highest BCUT2D eigenvalue weighted by atomic mass is 15.2. The van der Waals surface area contributed by atoms with E-state index in [0.717, 1.165) is 6.04 Å². The third kappa shape index (κ3) is 1.32. The van der Waals surface area contributed by atoms with Crippen LogP contribution in [0.3, 0.4) is 0 Å². The lowest BCUT2D eigenvalue weighted by atomic mass is 10.1. The quantitative estimate of drug-likeness (QED) is 0.541. The maximum atomic E-state index is 4.12. The zero-order chi connectivity index (χ0) is 6.97. The minimum atomic E-state index is 0.717. The summed E-state index contributed by atoms with van der Waals surface area (Å²) in [5.41, 5.74) is 4.12. The van der Waals surface area contributed by atoms with Gasteiger partial charge in [0.25, 0.3) is 0 Å². The van der Waals surface area contributed by atoms with E-state index >= 15 is 0 Å². The molecule has 2 heteroatoms. The monoisotopic (exact) mass is 141 g/mol. The fourth-order valence-electron chi connectivity index (χ4n) is 1.87. The van der Waals surface area contributed by atoms with Crippen molar-refractivity contribution in [1.82, 2.24) is 4.90 Å². The molecule has 0 aromatic carbocycles. The van der Waals surface area contributed by atoms with Gasteiger partial charge in [-0.3, -0.25) is 4.90 Å². The highest BCUT2D eigenvalue weighted by molar-refractivity contribution is 4.87. The van der Waals surface area contributed by atoms with Gasteiger partial charge in [0, 0.05) is 12.5 Å². The average molecular weight is 141 g/mol. The van der Waals surface area contributed by atoms with Gasteiger partial charge in [-0.25, -0.2) is 0 Å². The second-order valence-corrected chi connectivity index (χ2v) is 3.73. The summed E-state index contributed by atoms with van der Waals surface area (Å²) in [6.45, 7) is 2.61. The lowest BCUT2D eigenvalue weighted by molar-refractivity contribution is -0.426. The molecular formula is C8H17N2+. The van der Waals surface area contributed by atoms with Gasteiger partial charge in [0.1, 0.15) is 0 Å². The first-order chi connectivity index (χ1) is 4.86. The van der Waals surface area contributed by atoms with Gasteiger partial charge in [0.2, 0.25) is 0 Å². The molecule has 0 aromatic rings. The molecule has 0 amide bonds. The Bertz CT molecular complexity index is 120. The molecular weight excluding hydrogens is 124 g/mol. The van der Waals surface area contributed by atoms with Crippen LogP contribution < -0.4 is 5.73 Å². The van der Waals surface area contributed by atoms with Crippen molar-refractivity contribution in [3.63, 3.8) is 0 Å². The van der Waals surface area contributed by atoms with Crippen LogP contribution in [0.25, 0.3) is 0 Å². The molecule has 1 heterocycles. The number of nitrogens with zero attached hydrogens (tertiary/aromatic N) is 1. The Morgan fingerprint density at radius 2 is 2.00 bits per heavy atom. The van der Waals surface area contributed by atoms with Gasteiger partial charge in [0.15, 0.2) is 0 Å². The zero-order valence-corrected chi connectivity index (χ0v) is 6.55. The van der Waals surface area contributed by atoms with E-state index in [-0.39, 0.29) is 0 Å². The van der Waals surface area contributed by atoms with Crippen LogP contribution in [-0.2, 0) is 0 Å². The number of likely N-dealkylation sites (tertiary alicyclic amines) is 1. The third-order valence-corrected chi connectivity index (χ3v) is 2.61. The molecule has 0 unspecified atom stereocenters. The highest BCUT2D eigenvalue weighted by Crippen LogP contribution is 2.28. The summed E-state index contributed by atoms with van der Waals surface area (Å²) < 4.78 is 0. The molecule has 1 atom stereocenters. The molecule has 0 bridgehead atoms. The Morgan fingerprint density at radius 3 is 2.60 bits per heavy atom. The van der Waals surface area contributed by atoms with Crippen LogP contribution in [0.2, 0.25) is 0 Å². The van der Waals surface area contributed by atoms with E-state index in [4.69, 9.17) is 0 Å². The molecule has 10 heavy (non-hydrogen) atoms. The molecule has 2 aliphatic rings. The molecule has 2 nitrogen and oxygen atoms in total. The highest BCUT2D eigenvalue weighted by Gasteiger charge is 2.32. The van der Waals surface area contributed by atoms with Crippen LogP contribution in [0.15, 0.2) is 0 Å². The lowest BCUT2D eigenvalue weighted by Crippen LogP contribution is -2.67. The van der Waals surface area contributed by atoms with Gasteiger partial charge < -0.3 is 5.73 Å². The fraction of sp³-hybridized carbons (Fsp3) is 1.00. The molecule has 2 fully saturated rings. The predicted molar refractivity (Wildman–Crippen MR) is 40.5 cm³/mol. The summed E-state index contributed by atoms with van der Waals surface area (Å²) in [7, 11) is 0. The minimum Gasteiger partial charge on any atom is -0.354 e. The van der Waals surface area contributed by atoms with Crippen LogP contribution in [0, 0.1) is 0 Å². The summed E-state index contributed by atoms with van der Waals surface area (Å²) in [4.78, 5) is 2.63. The number of rotatable bonds is 1. The Morgan fingerprint density at radius 1 is 1.20 bits per heavy atom. The van der Waals surface area contributed by atoms with Gasteiger partial charge in [-0.15, -0.1) is 0 Å². The molecule has 0 aromatic heterocycles. The smallest absolute Gasteiger partial charge is 0.0972 e. The van der Waals surface area contributed by atoms with E-state index < -0.39 is 0 Å². The number of hydrogen-bond donors (Lipinski definition) is 1. The summed E-state index contributed by atoms with van der Waals surface area (Å²) >= 11 is 0. The number of piperidine rings is 1. The zero-order valence-electron chi connectivity index (χ0n) is 6.55. The van der Waals surface area contributed by atoms with Crippen molar-refractivity contribution in [1.29, 1.82) is 0 Å². The first-order valence-electron chi connectivity index (χ1n) is 4.43. The number of quaternary nitrogens is 1. The molecule has 3 N–H and O–H groups in total. The molecule has 1 saturated carbocycles. The summed E-state index contributed by atoms with van der Waals surface area (Å²) in [5, 5.41) is 0. The maximum Gasteiger partial charge on any atom is 0.0972 e. The Balaban J connectivity index is 1.84. The SMILES string of the molecule is [NH3+][C@@H]1CCCN(C2CC2)C1. The van der Waals surface area contributed by atoms with Gasteiger partial charge in [0.05, 0.1) is 12.6 Å². The van der Waals surface area contributed by atoms with Crippen molar-refractivity contribution >= 4 is 0 Å². The Hall–Kier alpha value is -0.0800. The van der Waals surface area contributed by atoms with Gasteiger partial charge in [-0.05, 0) is 25.8 Å². The summed E-state index contributed by atoms with van der Waals surface area (Å²) in [5.74, 6) is 0. The molecule has 1 aliphatic carbocycles. The summed E-state index contributed by atoms with van der Waals surface area (Å²) in [6, 6.07) is 1.68. The van der Waals surface area contributed by atoms with E-state index in [1.807, 2.05) is 0 Å². The van der Waals surface area contributed by atoms with E-state index in [0.29, 0.717) is 6.04 Å². The van der Waals surface area contributed by atoms with Crippen molar-refractivity contribution in [3.8, 4) is 0 Å². The van der Waals surface area contributed by atoms with Crippen LogP contribution in [-0.4, -0.2) is 30.1 Å². The Kier molecular flexibility index (Phi) is 1.66. The van der Waals surface area contributed by atoms with Crippen molar-refractivity contribution in [2.75, 3.05) is 13.1 Å². The van der Waals surface area contributed by atoms with Gasteiger partial charge in [-0.1, -0.05) is 0 Å². The van der Waals surface area contributed by atoms with Crippen LogP contribution in [0.5, 0.6) is 0 Å².